The van der Waals surface area contributed by atoms with Crippen LogP contribution in [-0.4, -0.2) is 51.9 Å². The maximum Gasteiger partial charge on any atom is 0.407 e. The van der Waals surface area contributed by atoms with E-state index in [1.54, 1.807) is 6.20 Å². The highest BCUT2D eigenvalue weighted by Crippen LogP contribution is 2.25. The maximum absolute atomic E-state index is 12.9. The quantitative estimate of drug-likeness (QED) is 0.786. The summed E-state index contributed by atoms with van der Waals surface area (Å²) in [6, 6.07) is 0. The summed E-state index contributed by atoms with van der Waals surface area (Å²) in [7, 11) is 0. The van der Waals surface area contributed by atoms with Crippen LogP contribution < -0.4 is 5.32 Å². The van der Waals surface area contributed by atoms with Gasteiger partial charge in [-0.3, -0.25) is 9.48 Å². The zero-order valence-electron chi connectivity index (χ0n) is 16.1. The molecule has 2 amide bonds. The Kier molecular flexibility index (Phi) is 5.93. The first kappa shape index (κ1) is 19.9. The van der Waals surface area contributed by atoms with Crippen LogP contribution in [0.5, 0.6) is 0 Å². The Morgan fingerprint density at radius 1 is 1.37 bits per heavy atom. The first-order valence-electron chi connectivity index (χ1n) is 9.38. The van der Waals surface area contributed by atoms with Crippen LogP contribution in [0.15, 0.2) is 16.8 Å². The number of alkyl carbamates (subject to hydrolysis) is 1. The zero-order chi connectivity index (χ0) is 19.6. The summed E-state index contributed by atoms with van der Waals surface area (Å²) < 4.78 is 8.37. The fourth-order valence-electron chi connectivity index (χ4n) is 3.39. The molecule has 0 radical (unpaired) electrons. The average molecular weight is 439 g/mol. The van der Waals surface area contributed by atoms with Crippen molar-refractivity contribution in [2.45, 2.75) is 52.2 Å². The van der Waals surface area contributed by atoms with E-state index in [9.17, 15) is 9.59 Å². The molecule has 148 valence electrons. The first-order chi connectivity index (χ1) is 12.7. The lowest BCUT2D eigenvalue weighted by atomic mass is 9.94. The third-order valence-electron chi connectivity index (χ3n) is 4.79. The Labute approximate surface area is 168 Å². The first-order valence-corrected chi connectivity index (χ1v) is 10.2. The standard InChI is InChI=1S/C19H27BrN4O3/c1-19(2,3)27-18(26)21-11-13-4-9-24-16(10-13)15(12-22-24)17(25)23-7-5-14(20)6-8-23/h5,12-13H,4,6-11H2,1-3H3,(H,21,26). The van der Waals surface area contributed by atoms with Crippen LogP contribution in [0.3, 0.4) is 0 Å². The lowest BCUT2D eigenvalue weighted by Crippen LogP contribution is -2.38. The van der Waals surface area contributed by atoms with Crippen molar-refractivity contribution in [2.75, 3.05) is 19.6 Å². The summed E-state index contributed by atoms with van der Waals surface area (Å²) in [5.41, 5.74) is 1.14. The van der Waals surface area contributed by atoms with Crippen LogP contribution >= 0.6 is 15.9 Å². The van der Waals surface area contributed by atoms with Crippen molar-refractivity contribution in [2.24, 2.45) is 5.92 Å². The number of carbonyl (C=O) groups excluding carboxylic acids is 2. The van der Waals surface area contributed by atoms with Gasteiger partial charge < -0.3 is 15.0 Å². The Balaban J connectivity index is 1.61. The lowest BCUT2D eigenvalue weighted by Gasteiger charge is -2.27. The van der Waals surface area contributed by atoms with E-state index in [1.165, 1.54) is 0 Å². The summed E-state index contributed by atoms with van der Waals surface area (Å²) in [5, 5.41) is 7.25. The highest BCUT2D eigenvalue weighted by atomic mass is 79.9. The molecule has 1 unspecified atom stereocenters. The molecule has 3 rings (SSSR count). The maximum atomic E-state index is 12.9. The third kappa shape index (κ3) is 5.12. The zero-order valence-corrected chi connectivity index (χ0v) is 17.7. The molecule has 1 atom stereocenters. The van der Waals surface area contributed by atoms with E-state index in [-0.39, 0.29) is 11.8 Å². The molecule has 27 heavy (non-hydrogen) atoms. The average Bonchev–Trinajstić information content (AvgIpc) is 3.01. The SMILES string of the molecule is CC(C)(C)OC(=O)NCC1CCn2ncc(C(=O)N3CC=C(Br)CC3)c2C1. The number of hydrogen-bond donors (Lipinski definition) is 1. The number of halogens is 1. The van der Waals surface area contributed by atoms with Crippen molar-refractivity contribution in [3.05, 3.63) is 28.0 Å². The van der Waals surface area contributed by atoms with Crippen molar-refractivity contribution in [1.82, 2.24) is 20.0 Å². The van der Waals surface area contributed by atoms with Gasteiger partial charge in [-0.05, 0) is 50.4 Å². The monoisotopic (exact) mass is 438 g/mol. The minimum absolute atomic E-state index is 0.0354. The van der Waals surface area contributed by atoms with Crippen LogP contribution in [0.25, 0.3) is 0 Å². The summed E-state index contributed by atoms with van der Waals surface area (Å²) in [6.45, 7) is 8.16. The summed E-state index contributed by atoms with van der Waals surface area (Å²) in [5.74, 6) is 0.303. The number of aromatic nitrogens is 2. The second-order valence-electron chi connectivity index (χ2n) is 8.12. The predicted molar refractivity (Wildman–Crippen MR) is 106 cm³/mol. The van der Waals surface area contributed by atoms with Gasteiger partial charge in [0.25, 0.3) is 5.91 Å². The molecule has 1 aromatic heterocycles. The number of fused-ring (bicyclic) bond motifs is 1. The number of amides is 2. The number of aryl methyl sites for hydroxylation is 1. The van der Waals surface area contributed by atoms with Crippen molar-refractivity contribution in [3.8, 4) is 0 Å². The van der Waals surface area contributed by atoms with Gasteiger partial charge >= 0.3 is 6.09 Å². The minimum atomic E-state index is -0.507. The second kappa shape index (κ2) is 8.04. The number of ether oxygens (including phenoxy) is 1. The Bertz CT molecular complexity index is 751. The molecule has 0 saturated carbocycles. The van der Waals surface area contributed by atoms with E-state index < -0.39 is 11.7 Å². The summed E-state index contributed by atoms with van der Waals surface area (Å²) >= 11 is 3.49. The van der Waals surface area contributed by atoms with E-state index in [4.69, 9.17) is 4.74 Å². The van der Waals surface area contributed by atoms with Gasteiger partial charge in [0.2, 0.25) is 0 Å². The second-order valence-corrected chi connectivity index (χ2v) is 9.14. The van der Waals surface area contributed by atoms with Gasteiger partial charge in [-0.1, -0.05) is 22.0 Å². The van der Waals surface area contributed by atoms with Crippen LogP contribution in [0.2, 0.25) is 0 Å². The van der Waals surface area contributed by atoms with Crippen LogP contribution in [0, 0.1) is 5.92 Å². The van der Waals surface area contributed by atoms with Gasteiger partial charge in [0.15, 0.2) is 0 Å². The molecule has 1 aromatic rings. The normalized spacial score (nSPS) is 19.9. The molecule has 2 aliphatic rings. The molecule has 0 aromatic carbocycles. The molecule has 2 aliphatic heterocycles. The van der Waals surface area contributed by atoms with E-state index in [1.807, 2.05) is 36.4 Å². The summed E-state index contributed by atoms with van der Waals surface area (Å²) in [4.78, 5) is 26.6. The van der Waals surface area contributed by atoms with E-state index >= 15 is 0 Å². The van der Waals surface area contributed by atoms with Crippen LogP contribution in [-0.2, 0) is 17.7 Å². The molecular formula is C19H27BrN4O3. The molecule has 1 N–H and O–H groups in total. The highest BCUT2D eigenvalue weighted by Gasteiger charge is 2.28. The number of nitrogens with one attached hydrogen (secondary N) is 1. The third-order valence-corrected chi connectivity index (χ3v) is 5.51. The molecule has 3 heterocycles. The van der Waals surface area contributed by atoms with Crippen molar-refractivity contribution >= 4 is 27.9 Å². The molecule has 7 nitrogen and oxygen atoms in total. The highest BCUT2D eigenvalue weighted by molar-refractivity contribution is 9.11. The topological polar surface area (TPSA) is 76.5 Å². The van der Waals surface area contributed by atoms with Gasteiger partial charge in [0.05, 0.1) is 17.5 Å². The van der Waals surface area contributed by atoms with Crippen molar-refractivity contribution in [3.63, 3.8) is 0 Å². The minimum Gasteiger partial charge on any atom is -0.444 e. The number of hydrogen-bond acceptors (Lipinski definition) is 4. The molecule has 8 heteroatoms. The molecule has 0 fully saturated rings. The fraction of sp³-hybridized carbons (Fsp3) is 0.632. The fourth-order valence-corrected chi connectivity index (χ4v) is 3.72. The molecule has 0 aliphatic carbocycles. The Morgan fingerprint density at radius 3 is 2.81 bits per heavy atom. The Morgan fingerprint density at radius 2 is 2.15 bits per heavy atom. The smallest absolute Gasteiger partial charge is 0.407 e. The van der Waals surface area contributed by atoms with Crippen LogP contribution in [0.4, 0.5) is 4.79 Å². The number of nitrogens with zero attached hydrogens (tertiary/aromatic N) is 3. The van der Waals surface area contributed by atoms with Gasteiger partial charge in [-0.2, -0.15) is 5.10 Å². The van der Waals surface area contributed by atoms with Gasteiger partial charge in [0, 0.05) is 26.2 Å². The predicted octanol–water partition coefficient (Wildman–Crippen LogP) is 3.09. The number of carbonyl (C=O) groups is 2. The van der Waals surface area contributed by atoms with Gasteiger partial charge in [-0.25, -0.2) is 4.79 Å². The van der Waals surface area contributed by atoms with E-state index in [0.717, 1.165) is 36.0 Å². The molecule has 0 spiro atoms. The lowest BCUT2D eigenvalue weighted by molar-refractivity contribution is 0.0515. The summed E-state index contributed by atoms with van der Waals surface area (Å²) in [6.07, 6.45) is 5.81. The molecular weight excluding hydrogens is 412 g/mol. The van der Waals surface area contributed by atoms with E-state index in [2.05, 4.69) is 26.3 Å². The van der Waals surface area contributed by atoms with E-state index in [0.29, 0.717) is 25.2 Å². The van der Waals surface area contributed by atoms with Crippen molar-refractivity contribution in [1.29, 1.82) is 0 Å². The Hall–Kier alpha value is -1.83. The largest absolute Gasteiger partial charge is 0.444 e. The molecule has 0 saturated heterocycles. The molecule has 0 bridgehead atoms. The van der Waals surface area contributed by atoms with Gasteiger partial charge in [-0.15, -0.1) is 0 Å². The van der Waals surface area contributed by atoms with Crippen LogP contribution in [0.1, 0.15) is 49.7 Å². The van der Waals surface area contributed by atoms with Crippen molar-refractivity contribution < 1.29 is 14.3 Å². The van der Waals surface area contributed by atoms with Gasteiger partial charge in [0.1, 0.15) is 5.60 Å². The number of rotatable bonds is 3.